The third-order valence-electron chi connectivity index (χ3n) is 4.98. The zero-order valence-corrected chi connectivity index (χ0v) is 15.6. The van der Waals surface area contributed by atoms with Crippen LogP contribution in [-0.4, -0.2) is 42.7 Å². The smallest absolute Gasteiger partial charge is 0.253 e. The molecule has 0 aromatic heterocycles. The van der Waals surface area contributed by atoms with Crippen LogP contribution in [0.3, 0.4) is 0 Å². The van der Waals surface area contributed by atoms with Crippen LogP contribution in [0.4, 0.5) is 0 Å². The number of hydroxylamine groups is 1. The summed E-state index contributed by atoms with van der Waals surface area (Å²) in [6.45, 7) is 5.75. The van der Waals surface area contributed by atoms with Crippen LogP contribution in [0.15, 0.2) is 18.2 Å². The summed E-state index contributed by atoms with van der Waals surface area (Å²) in [5.41, 5.74) is 5.37. The van der Waals surface area contributed by atoms with Gasteiger partial charge in [-0.3, -0.25) is 9.59 Å². The topological polar surface area (TPSA) is 67.9 Å². The first-order chi connectivity index (χ1) is 12.5. The van der Waals surface area contributed by atoms with E-state index >= 15 is 0 Å². The van der Waals surface area contributed by atoms with Crippen molar-refractivity contribution in [2.45, 2.75) is 52.2 Å². The molecule has 1 aromatic rings. The van der Waals surface area contributed by atoms with Crippen LogP contribution in [-0.2, 0) is 14.4 Å². The predicted octanol–water partition coefficient (Wildman–Crippen LogP) is 2.73. The van der Waals surface area contributed by atoms with Crippen molar-refractivity contribution < 1.29 is 19.2 Å². The summed E-state index contributed by atoms with van der Waals surface area (Å²) in [6.07, 6.45) is 4.09. The highest BCUT2D eigenvalue weighted by Crippen LogP contribution is 2.20. The fourth-order valence-corrected chi connectivity index (χ4v) is 3.67. The summed E-state index contributed by atoms with van der Waals surface area (Å²) in [5.74, 6) is -0.426. The number of benzene rings is 1. The molecule has 0 radical (unpaired) electrons. The maximum Gasteiger partial charge on any atom is 0.253 e. The van der Waals surface area contributed by atoms with Gasteiger partial charge in [0, 0.05) is 31.7 Å². The number of carbonyl (C=O) groups is 2. The predicted molar refractivity (Wildman–Crippen MR) is 97.4 cm³/mol. The van der Waals surface area contributed by atoms with Crippen LogP contribution in [0.1, 0.15) is 53.6 Å². The zero-order valence-electron chi connectivity index (χ0n) is 15.6. The average molecular weight is 360 g/mol. The van der Waals surface area contributed by atoms with Crippen molar-refractivity contribution in [2.24, 2.45) is 5.92 Å². The van der Waals surface area contributed by atoms with Crippen LogP contribution in [0, 0.1) is 19.8 Å². The van der Waals surface area contributed by atoms with Gasteiger partial charge >= 0.3 is 0 Å². The molecule has 2 aliphatic heterocycles. The van der Waals surface area contributed by atoms with Crippen molar-refractivity contribution >= 4 is 11.8 Å². The van der Waals surface area contributed by atoms with Gasteiger partial charge in [-0.25, -0.2) is 10.3 Å². The van der Waals surface area contributed by atoms with E-state index in [0.717, 1.165) is 43.2 Å². The number of nitrogens with one attached hydrogen (secondary N) is 1. The first-order valence-electron chi connectivity index (χ1n) is 9.47. The van der Waals surface area contributed by atoms with Gasteiger partial charge in [0.05, 0.1) is 5.92 Å². The lowest BCUT2D eigenvalue weighted by Gasteiger charge is -2.32. The Labute approximate surface area is 154 Å². The second kappa shape index (κ2) is 8.64. The van der Waals surface area contributed by atoms with Crippen molar-refractivity contribution in [3.8, 4) is 0 Å². The lowest BCUT2D eigenvalue weighted by Crippen LogP contribution is -2.46. The first kappa shape index (κ1) is 18.9. The third-order valence-corrected chi connectivity index (χ3v) is 4.98. The van der Waals surface area contributed by atoms with E-state index in [2.05, 4.69) is 5.48 Å². The molecule has 3 rings (SSSR count). The first-order valence-corrected chi connectivity index (χ1v) is 9.47. The van der Waals surface area contributed by atoms with Crippen molar-refractivity contribution in [1.82, 2.24) is 10.4 Å². The molecule has 2 heterocycles. The van der Waals surface area contributed by atoms with Crippen LogP contribution in [0.25, 0.3) is 0 Å². The average Bonchev–Trinajstić information content (AvgIpc) is 2.65. The molecule has 0 unspecified atom stereocenters. The Balaban J connectivity index is 1.55. The van der Waals surface area contributed by atoms with Crippen molar-refractivity contribution in [3.05, 3.63) is 34.9 Å². The van der Waals surface area contributed by atoms with E-state index < -0.39 is 0 Å². The standard InChI is InChI=1S/C20H28N2O4/c1-14-10-15(2)12-17(11-14)20(24)22-8-5-6-16(13-22)19(23)21-26-18-7-3-4-9-25-18/h10-12,16,18H,3-9,13H2,1-2H3,(H,21,23)/t16-,18-/m0/s1. The summed E-state index contributed by atoms with van der Waals surface area (Å²) in [4.78, 5) is 32.4. The SMILES string of the molecule is Cc1cc(C)cc(C(=O)N2CCC[C@H](C(=O)NO[C@H]3CCCCO3)C2)c1. The van der Waals surface area contributed by atoms with E-state index in [1.807, 2.05) is 32.0 Å². The minimum atomic E-state index is -0.357. The quantitative estimate of drug-likeness (QED) is 0.839. The highest BCUT2D eigenvalue weighted by Gasteiger charge is 2.30. The van der Waals surface area contributed by atoms with Gasteiger partial charge in [-0.05, 0) is 51.7 Å². The molecule has 0 saturated carbocycles. The molecule has 1 N–H and O–H groups in total. The summed E-state index contributed by atoms with van der Waals surface area (Å²) in [5, 5.41) is 0. The fourth-order valence-electron chi connectivity index (χ4n) is 3.67. The normalized spacial score (nSPS) is 23.5. The third kappa shape index (κ3) is 4.83. The summed E-state index contributed by atoms with van der Waals surface area (Å²) in [6, 6.07) is 5.86. The molecule has 2 saturated heterocycles. The van der Waals surface area contributed by atoms with Crippen LogP contribution >= 0.6 is 0 Å². The Bertz CT molecular complexity index is 635. The second-order valence-electron chi connectivity index (χ2n) is 7.35. The number of hydrogen-bond acceptors (Lipinski definition) is 4. The number of rotatable bonds is 4. The summed E-state index contributed by atoms with van der Waals surface area (Å²) >= 11 is 0. The number of amides is 2. The monoisotopic (exact) mass is 360 g/mol. The van der Waals surface area contributed by atoms with Crippen LogP contribution in [0.5, 0.6) is 0 Å². The van der Waals surface area contributed by atoms with Crippen molar-refractivity contribution in [3.63, 3.8) is 0 Å². The molecule has 0 bridgehead atoms. The van der Waals surface area contributed by atoms with E-state index in [4.69, 9.17) is 9.57 Å². The Kier molecular flexibility index (Phi) is 6.27. The van der Waals surface area contributed by atoms with Gasteiger partial charge in [0.1, 0.15) is 0 Å². The molecule has 0 aliphatic carbocycles. The highest BCUT2D eigenvalue weighted by atomic mass is 16.8. The van der Waals surface area contributed by atoms with Gasteiger partial charge in [0.25, 0.3) is 5.91 Å². The molecule has 2 amide bonds. The van der Waals surface area contributed by atoms with Gasteiger partial charge in [-0.1, -0.05) is 17.2 Å². The molecular weight excluding hydrogens is 332 g/mol. The lowest BCUT2D eigenvalue weighted by atomic mass is 9.96. The van der Waals surface area contributed by atoms with E-state index in [-0.39, 0.29) is 24.0 Å². The molecule has 2 atom stereocenters. The molecule has 2 aliphatic rings. The molecule has 6 nitrogen and oxygen atoms in total. The van der Waals surface area contributed by atoms with Gasteiger partial charge in [-0.2, -0.15) is 0 Å². The van der Waals surface area contributed by atoms with Crippen LogP contribution < -0.4 is 5.48 Å². The Morgan fingerprint density at radius 1 is 1.12 bits per heavy atom. The van der Waals surface area contributed by atoms with Gasteiger partial charge < -0.3 is 9.64 Å². The number of ether oxygens (including phenoxy) is 1. The fraction of sp³-hybridized carbons (Fsp3) is 0.600. The van der Waals surface area contributed by atoms with E-state index in [1.165, 1.54) is 0 Å². The number of piperidine rings is 1. The number of nitrogens with zero attached hydrogens (tertiary/aromatic N) is 1. The maximum absolute atomic E-state index is 12.8. The maximum atomic E-state index is 12.8. The molecular formula is C20H28N2O4. The van der Waals surface area contributed by atoms with E-state index in [1.54, 1.807) is 4.90 Å². The van der Waals surface area contributed by atoms with Gasteiger partial charge in [-0.15, -0.1) is 0 Å². The lowest BCUT2D eigenvalue weighted by molar-refractivity contribution is -0.202. The zero-order chi connectivity index (χ0) is 18.5. The molecule has 0 spiro atoms. The van der Waals surface area contributed by atoms with E-state index in [0.29, 0.717) is 25.3 Å². The molecule has 2 fully saturated rings. The molecule has 1 aromatic carbocycles. The van der Waals surface area contributed by atoms with Crippen LogP contribution in [0.2, 0.25) is 0 Å². The number of aryl methyl sites for hydroxylation is 2. The number of likely N-dealkylation sites (tertiary alicyclic amines) is 1. The van der Waals surface area contributed by atoms with Crippen molar-refractivity contribution in [1.29, 1.82) is 0 Å². The molecule has 26 heavy (non-hydrogen) atoms. The molecule has 142 valence electrons. The molecule has 6 heteroatoms. The van der Waals surface area contributed by atoms with Gasteiger partial charge in [0.2, 0.25) is 5.91 Å². The summed E-state index contributed by atoms with van der Waals surface area (Å²) < 4.78 is 5.45. The minimum absolute atomic E-state index is 0.00849. The minimum Gasteiger partial charge on any atom is -0.350 e. The Morgan fingerprint density at radius 3 is 2.58 bits per heavy atom. The Hall–Kier alpha value is -1.92. The Morgan fingerprint density at radius 2 is 1.88 bits per heavy atom. The van der Waals surface area contributed by atoms with Gasteiger partial charge in [0.15, 0.2) is 6.29 Å². The number of hydrogen-bond donors (Lipinski definition) is 1. The van der Waals surface area contributed by atoms with Crippen molar-refractivity contribution in [2.75, 3.05) is 19.7 Å². The summed E-state index contributed by atoms with van der Waals surface area (Å²) in [7, 11) is 0. The second-order valence-corrected chi connectivity index (χ2v) is 7.35. The highest BCUT2D eigenvalue weighted by molar-refractivity contribution is 5.95. The van der Waals surface area contributed by atoms with E-state index in [9.17, 15) is 9.59 Å². The number of carbonyl (C=O) groups excluding carboxylic acids is 2. The largest absolute Gasteiger partial charge is 0.350 e.